The van der Waals surface area contributed by atoms with E-state index in [0.717, 1.165) is 5.69 Å². The second kappa shape index (κ2) is 6.68. The molecule has 1 aromatic carbocycles. The maximum atomic E-state index is 12.7. The summed E-state index contributed by atoms with van der Waals surface area (Å²) in [5, 5.41) is 0. The highest BCUT2D eigenvalue weighted by atomic mass is 16.6. The van der Waals surface area contributed by atoms with Gasteiger partial charge in [-0.15, -0.1) is 0 Å². The van der Waals surface area contributed by atoms with E-state index in [-0.39, 0.29) is 17.9 Å². The molecule has 7 heteroatoms. The van der Waals surface area contributed by atoms with Crippen molar-refractivity contribution in [3.05, 3.63) is 18.2 Å². The number of nitrogens with zero attached hydrogens (tertiary/aromatic N) is 2. The third kappa shape index (κ3) is 2.91. The average molecular weight is 333 g/mol. The fraction of sp³-hybridized carbons (Fsp3) is 0.529. The molecule has 2 unspecified atom stereocenters. The highest BCUT2D eigenvalue weighted by Gasteiger charge is 2.39. The molecule has 0 aliphatic carbocycles. The minimum Gasteiger partial charge on any atom is -0.486 e. The first-order valence-electron chi connectivity index (χ1n) is 8.20. The van der Waals surface area contributed by atoms with E-state index in [1.807, 2.05) is 13.0 Å². The summed E-state index contributed by atoms with van der Waals surface area (Å²) in [6, 6.07) is 5.33. The topological polar surface area (TPSA) is 85.1 Å². The summed E-state index contributed by atoms with van der Waals surface area (Å²) >= 11 is 0. The molecule has 1 aromatic rings. The number of likely N-dealkylation sites (N-methyl/N-ethyl adjacent to an activating group) is 1. The quantitative estimate of drug-likeness (QED) is 0.816. The highest BCUT2D eigenvalue weighted by molar-refractivity contribution is 6.09. The number of anilines is 1. The predicted octanol–water partition coefficient (Wildman–Crippen LogP) is 0.616. The Hall–Kier alpha value is -2.28. The number of benzene rings is 1. The fourth-order valence-electron chi connectivity index (χ4n) is 2.99. The van der Waals surface area contributed by atoms with Crippen molar-refractivity contribution >= 4 is 17.5 Å². The van der Waals surface area contributed by atoms with Crippen LogP contribution in [0.25, 0.3) is 0 Å². The van der Waals surface area contributed by atoms with Gasteiger partial charge in [0.05, 0.1) is 0 Å². The highest BCUT2D eigenvalue weighted by Crippen LogP contribution is 2.36. The maximum absolute atomic E-state index is 12.7. The Morgan fingerprint density at radius 2 is 2.08 bits per heavy atom. The lowest BCUT2D eigenvalue weighted by Gasteiger charge is -2.26. The van der Waals surface area contributed by atoms with E-state index in [9.17, 15) is 9.59 Å². The third-order valence-corrected chi connectivity index (χ3v) is 4.69. The van der Waals surface area contributed by atoms with Gasteiger partial charge in [0.25, 0.3) is 0 Å². The largest absolute Gasteiger partial charge is 0.486 e. The number of rotatable bonds is 4. The van der Waals surface area contributed by atoms with Crippen LogP contribution in [0, 0.1) is 5.92 Å². The van der Waals surface area contributed by atoms with E-state index in [2.05, 4.69) is 0 Å². The zero-order chi connectivity index (χ0) is 17.3. The number of ether oxygens (including phenoxy) is 2. The van der Waals surface area contributed by atoms with Gasteiger partial charge in [0.2, 0.25) is 11.8 Å². The van der Waals surface area contributed by atoms with Gasteiger partial charge in [-0.1, -0.05) is 0 Å². The molecule has 0 aromatic heterocycles. The van der Waals surface area contributed by atoms with Crippen LogP contribution in [0.1, 0.15) is 13.3 Å². The van der Waals surface area contributed by atoms with E-state index in [1.165, 1.54) is 0 Å². The van der Waals surface area contributed by atoms with Crippen LogP contribution in [0.15, 0.2) is 18.2 Å². The van der Waals surface area contributed by atoms with Crippen molar-refractivity contribution in [2.45, 2.75) is 19.4 Å². The van der Waals surface area contributed by atoms with Gasteiger partial charge in [-0.2, -0.15) is 0 Å². The molecule has 1 saturated heterocycles. The number of nitrogens with two attached hydrogens (primary N) is 1. The van der Waals surface area contributed by atoms with Gasteiger partial charge in [-0.3, -0.25) is 9.59 Å². The molecular weight excluding hydrogens is 310 g/mol. The van der Waals surface area contributed by atoms with Crippen molar-refractivity contribution in [2.24, 2.45) is 11.7 Å². The van der Waals surface area contributed by atoms with Crippen molar-refractivity contribution in [1.29, 1.82) is 0 Å². The maximum Gasteiger partial charge on any atom is 0.239 e. The fourth-order valence-corrected chi connectivity index (χ4v) is 2.99. The van der Waals surface area contributed by atoms with Crippen LogP contribution in [0.5, 0.6) is 11.5 Å². The molecule has 130 valence electrons. The minimum atomic E-state index is -0.641. The van der Waals surface area contributed by atoms with Crippen LogP contribution < -0.4 is 20.1 Å². The summed E-state index contributed by atoms with van der Waals surface area (Å²) in [7, 11) is 1.69. The van der Waals surface area contributed by atoms with Crippen LogP contribution in [0.4, 0.5) is 5.69 Å². The SMILES string of the molecule is CC(CN)N(C)C(=O)C1CCN(c2ccc3c(c2)OCCO3)C1=O. The van der Waals surface area contributed by atoms with Crippen LogP contribution in [0.3, 0.4) is 0 Å². The van der Waals surface area contributed by atoms with Gasteiger partial charge in [0, 0.05) is 37.9 Å². The van der Waals surface area contributed by atoms with Gasteiger partial charge in [0.1, 0.15) is 19.1 Å². The monoisotopic (exact) mass is 333 g/mol. The van der Waals surface area contributed by atoms with Crippen molar-refractivity contribution in [3.8, 4) is 11.5 Å². The predicted molar refractivity (Wildman–Crippen MR) is 89.2 cm³/mol. The summed E-state index contributed by atoms with van der Waals surface area (Å²) in [5.74, 6) is 0.332. The number of carbonyl (C=O) groups is 2. The minimum absolute atomic E-state index is 0.0892. The Balaban J connectivity index is 1.75. The third-order valence-electron chi connectivity index (χ3n) is 4.69. The Bertz CT molecular complexity index is 649. The van der Waals surface area contributed by atoms with Crippen molar-refractivity contribution in [2.75, 3.05) is 38.3 Å². The molecule has 7 nitrogen and oxygen atoms in total. The summed E-state index contributed by atoms with van der Waals surface area (Å²) < 4.78 is 11.1. The molecule has 24 heavy (non-hydrogen) atoms. The Kier molecular flexibility index (Phi) is 4.62. The van der Waals surface area contributed by atoms with Crippen molar-refractivity contribution < 1.29 is 19.1 Å². The molecule has 2 heterocycles. The molecule has 0 spiro atoms. The lowest BCUT2D eigenvalue weighted by atomic mass is 10.1. The number of fused-ring (bicyclic) bond motifs is 1. The number of hydrogen-bond donors (Lipinski definition) is 1. The summed E-state index contributed by atoms with van der Waals surface area (Å²) in [4.78, 5) is 28.5. The first kappa shape index (κ1) is 16.6. The van der Waals surface area contributed by atoms with Gasteiger partial charge >= 0.3 is 0 Å². The van der Waals surface area contributed by atoms with Gasteiger partial charge in [-0.05, 0) is 25.5 Å². The van der Waals surface area contributed by atoms with Crippen molar-refractivity contribution in [1.82, 2.24) is 4.90 Å². The number of carbonyl (C=O) groups excluding carboxylic acids is 2. The molecule has 1 fully saturated rings. The molecule has 2 amide bonds. The van der Waals surface area contributed by atoms with Gasteiger partial charge < -0.3 is 25.0 Å². The van der Waals surface area contributed by atoms with Crippen LogP contribution in [-0.4, -0.2) is 56.1 Å². The standard InChI is InChI=1S/C17H23N3O4/c1-11(10-18)19(2)16(21)13-5-6-20(17(13)22)12-3-4-14-15(9-12)24-8-7-23-14/h3-4,9,11,13H,5-8,10,18H2,1-2H3. The van der Waals surface area contributed by atoms with Gasteiger partial charge in [0.15, 0.2) is 11.5 Å². The number of amides is 2. The van der Waals surface area contributed by atoms with Gasteiger partial charge in [-0.25, -0.2) is 0 Å². The Morgan fingerprint density at radius 3 is 2.79 bits per heavy atom. The van der Waals surface area contributed by atoms with Crippen LogP contribution >= 0.6 is 0 Å². The zero-order valence-electron chi connectivity index (χ0n) is 14.0. The van der Waals surface area contributed by atoms with Crippen molar-refractivity contribution in [3.63, 3.8) is 0 Å². The summed E-state index contributed by atoms with van der Waals surface area (Å²) in [6.07, 6.45) is 0.508. The molecule has 0 saturated carbocycles. The average Bonchev–Trinajstić information content (AvgIpc) is 3.00. The zero-order valence-corrected chi connectivity index (χ0v) is 14.0. The normalized spacial score (nSPS) is 20.9. The second-order valence-electron chi connectivity index (χ2n) is 6.19. The molecule has 0 radical (unpaired) electrons. The first-order chi connectivity index (χ1) is 11.5. The summed E-state index contributed by atoms with van der Waals surface area (Å²) in [5.41, 5.74) is 6.34. The van der Waals surface area contributed by atoms with E-state index in [0.29, 0.717) is 44.2 Å². The Morgan fingerprint density at radius 1 is 1.38 bits per heavy atom. The second-order valence-corrected chi connectivity index (χ2v) is 6.19. The molecule has 2 aliphatic heterocycles. The van der Waals surface area contributed by atoms with E-state index in [4.69, 9.17) is 15.2 Å². The molecule has 2 atom stereocenters. The molecule has 3 rings (SSSR count). The van der Waals surface area contributed by atoms with Crippen LogP contribution in [-0.2, 0) is 9.59 Å². The molecule has 0 bridgehead atoms. The van der Waals surface area contributed by atoms with E-state index >= 15 is 0 Å². The molecule has 2 N–H and O–H groups in total. The molecular formula is C17H23N3O4. The lowest BCUT2D eigenvalue weighted by molar-refractivity contribution is -0.140. The molecule has 2 aliphatic rings. The van der Waals surface area contributed by atoms with Crippen LogP contribution in [0.2, 0.25) is 0 Å². The van der Waals surface area contributed by atoms with E-state index in [1.54, 1.807) is 29.0 Å². The first-order valence-corrected chi connectivity index (χ1v) is 8.20. The van der Waals surface area contributed by atoms with E-state index < -0.39 is 5.92 Å². The number of hydrogen-bond acceptors (Lipinski definition) is 5. The lowest BCUT2D eigenvalue weighted by Crippen LogP contribution is -2.44. The smallest absolute Gasteiger partial charge is 0.239 e. The Labute approximate surface area is 141 Å². The summed E-state index contributed by atoms with van der Waals surface area (Å²) in [6.45, 7) is 3.77.